The standard InChI is InChI=1S/C17H25FO3Si/c1-5-22(6-2,7-3)21-16(12-13-17(19)20-4)14-8-10-15(18)11-9-14/h8-13,16H,5-7H2,1-4H3/b13-12+. The molecule has 0 fully saturated rings. The molecule has 122 valence electrons. The summed E-state index contributed by atoms with van der Waals surface area (Å²) in [4.78, 5) is 11.4. The van der Waals surface area contributed by atoms with E-state index in [9.17, 15) is 9.18 Å². The first kappa shape index (κ1) is 18.6. The topological polar surface area (TPSA) is 35.5 Å². The smallest absolute Gasteiger partial charge is 0.330 e. The Morgan fingerprint density at radius 2 is 1.73 bits per heavy atom. The first-order valence-corrected chi connectivity index (χ1v) is 10.2. The number of hydrogen-bond donors (Lipinski definition) is 0. The number of benzene rings is 1. The van der Waals surface area contributed by atoms with E-state index in [1.165, 1.54) is 25.3 Å². The van der Waals surface area contributed by atoms with E-state index in [4.69, 9.17) is 4.43 Å². The number of ether oxygens (including phenoxy) is 1. The van der Waals surface area contributed by atoms with Crippen LogP contribution in [0.15, 0.2) is 36.4 Å². The zero-order chi connectivity index (χ0) is 16.6. The molecular formula is C17H25FO3Si. The molecule has 3 nitrogen and oxygen atoms in total. The number of rotatable bonds is 8. The summed E-state index contributed by atoms with van der Waals surface area (Å²) in [6.07, 6.45) is 2.71. The fourth-order valence-corrected chi connectivity index (χ4v) is 5.13. The summed E-state index contributed by atoms with van der Waals surface area (Å²) in [5.41, 5.74) is 0.841. The van der Waals surface area contributed by atoms with Gasteiger partial charge in [0.1, 0.15) is 5.82 Å². The Hall–Kier alpha value is -1.46. The van der Waals surface area contributed by atoms with Gasteiger partial charge in [0.05, 0.1) is 13.2 Å². The van der Waals surface area contributed by atoms with Crippen molar-refractivity contribution in [1.82, 2.24) is 0 Å². The second-order valence-electron chi connectivity index (χ2n) is 5.22. The van der Waals surface area contributed by atoms with Crippen molar-refractivity contribution in [3.8, 4) is 0 Å². The van der Waals surface area contributed by atoms with E-state index in [1.807, 2.05) is 0 Å². The summed E-state index contributed by atoms with van der Waals surface area (Å²) >= 11 is 0. The van der Waals surface area contributed by atoms with Crippen molar-refractivity contribution < 1.29 is 18.3 Å². The molecule has 0 saturated carbocycles. The number of halogens is 1. The van der Waals surface area contributed by atoms with Crippen LogP contribution in [0, 0.1) is 5.82 Å². The predicted octanol–water partition coefficient (Wildman–Crippen LogP) is 4.62. The van der Waals surface area contributed by atoms with Crippen molar-refractivity contribution >= 4 is 14.3 Å². The third-order valence-corrected chi connectivity index (χ3v) is 8.74. The van der Waals surface area contributed by atoms with Gasteiger partial charge in [-0.1, -0.05) is 32.9 Å². The van der Waals surface area contributed by atoms with Crippen molar-refractivity contribution in [2.75, 3.05) is 7.11 Å². The van der Waals surface area contributed by atoms with Crippen LogP contribution in [0.3, 0.4) is 0 Å². The molecule has 0 aliphatic carbocycles. The Labute approximate surface area is 133 Å². The highest BCUT2D eigenvalue weighted by Crippen LogP contribution is 2.30. The van der Waals surface area contributed by atoms with Crippen LogP contribution in [0.4, 0.5) is 4.39 Å². The van der Waals surface area contributed by atoms with Gasteiger partial charge in [-0.25, -0.2) is 9.18 Å². The second-order valence-corrected chi connectivity index (χ2v) is 9.94. The molecule has 0 saturated heterocycles. The summed E-state index contributed by atoms with van der Waals surface area (Å²) in [6, 6.07) is 9.22. The Bertz CT molecular complexity index is 487. The third kappa shape index (κ3) is 5.07. The lowest BCUT2D eigenvalue weighted by atomic mass is 10.1. The van der Waals surface area contributed by atoms with E-state index in [0.717, 1.165) is 23.7 Å². The molecule has 0 aromatic heterocycles. The molecule has 0 spiro atoms. The van der Waals surface area contributed by atoms with Gasteiger partial charge in [-0.3, -0.25) is 0 Å². The van der Waals surface area contributed by atoms with Crippen LogP contribution in [0.25, 0.3) is 0 Å². The van der Waals surface area contributed by atoms with Gasteiger partial charge in [0.25, 0.3) is 0 Å². The summed E-state index contributed by atoms with van der Waals surface area (Å²) in [5.74, 6) is -0.711. The molecule has 1 rings (SSSR count). The number of carbonyl (C=O) groups excluding carboxylic acids is 1. The maximum Gasteiger partial charge on any atom is 0.330 e. The van der Waals surface area contributed by atoms with Crippen molar-refractivity contribution in [1.29, 1.82) is 0 Å². The second kappa shape index (κ2) is 8.85. The van der Waals surface area contributed by atoms with Crippen molar-refractivity contribution in [2.45, 2.75) is 45.0 Å². The minimum atomic E-state index is -1.86. The van der Waals surface area contributed by atoms with Gasteiger partial charge in [-0.15, -0.1) is 0 Å². The molecule has 1 atom stereocenters. The van der Waals surface area contributed by atoms with Gasteiger partial charge in [-0.2, -0.15) is 0 Å². The zero-order valence-electron chi connectivity index (χ0n) is 13.8. The van der Waals surface area contributed by atoms with Gasteiger partial charge < -0.3 is 9.16 Å². The minimum absolute atomic E-state index is 0.288. The Kier molecular flexibility index (Phi) is 7.48. The molecule has 1 aromatic rings. The summed E-state index contributed by atoms with van der Waals surface area (Å²) in [6.45, 7) is 6.43. The van der Waals surface area contributed by atoms with E-state index in [0.29, 0.717) is 0 Å². The average molecular weight is 324 g/mol. The molecule has 0 amide bonds. The van der Waals surface area contributed by atoms with Gasteiger partial charge in [0.2, 0.25) is 0 Å². The van der Waals surface area contributed by atoms with Crippen LogP contribution in [0.5, 0.6) is 0 Å². The first-order valence-electron chi connectivity index (χ1n) is 7.69. The Balaban J connectivity index is 3.08. The Morgan fingerprint density at radius 1 is 1.18 bits per heavy atom. The molecule has 1 unspecified atom stereocenters. The maximum absolute atomic E-state index is 13.1. The maximum atomic E-state index is 13.1. The predicted molar refractivity (Wildman–Crippen MR) is 88.6 cm³/mol. The SMILES string of the molecule is CC[Si](CC)(CC)OC(/C=C/C(=O)OC)c1ccc(F)cc1. The number of carbonyl (C=O) groups is 1. The lowest BCUT2D eigenvalue weighted by molar-refractivity contribution is -0.134. The van der Waals surface area contributed by atoms with Crippen LogP contribution in [-0.4, -0.2) is 21.4 Å². The van der Waals surface area contributed by atoms with Crippen LogP contribution in [-0.2, 0) is 14.0 Å². The van der Waals surface area contributed by atoms with Crippen molar-refractivity contribution in [3.05, 3.63) is 47.8 Å². The molecule has 0 heterocycles. The van der Waals surface area contributed by atoms with Gasteiger partial charge in [0.15, 0.2) is 8.32 Å². The van der Waals surface area contributed by atoms with E-state index in [2.05, 4.69) is 25.5 Å². The summed E-state index contributed by atoms with van der Waals surface area (Å²) < 4.78 is 24.2. The molecule has 22 heavy (non-hydrogen) atoms. The molecular weight excluding hydrogens is 299 g/mol. The molecule has 0 N–H and O–H groups in total. The highest BCUT2D eigenvalue weighted by Gasteiger charge is 2.31. The van der Waals surface area contributed by atoms with E-state index >= 15 is 0 Å². The molecule has 0 aliphatic heterocycles. The quantitative estimate of drug-likeness (QED) is 0.398. The zero-order valence-corrected chi connectivity index (χ0v) is 14.8. The van der Waals surface area contributed by atoms with Crippen molar-refractivity contribution in [3.63, 3.8) is 0 Å². The summed E-state index contributed by atoms with van der Waals surface area (Å²) in [5, 5.41) is 0. The van der Waals surface area contributed by atoms with E-state index in [-0.39, 0.29) is 11.9 Å². The molecule has 0 radical (unpaired) electrons. The van der Waals surface area contributed by atoms with Gasteiger partial charge >= 0.3 is 5.97 Å². The van der Waals surface area contributed by atoms with E-state index in [1.54, 1.807) is 18.2 Å². The highest BCUT2D eigenvalue weighted by molar-refractivity contribution is 6.73. The van der Waals surface area contributed by atoms with Crippen LogP contribution >= 0.6 is 0 Å². The molecule has 0 aliphatic rings. The van der Waals surface area contributed by atoms with Gasteiger partial charge in [-0.05, 0) is 41.9 Å². The van der Waals surface area contributed by atoms with Gasteiger partial charge in [0, 0.05) is 6.08 Å². The lowest BCUT2D eigenvalue weighted by Crippen LogP contribution is -2.37. The van der Waals surface area contributed by atoms with E-state index < -0.39 is 14.3 Å². The number of esters is 1. The largest absolute Gasteiger partial charge is 0.466 e. The normalized spacial score (nSPS) is 13.3. The van der Waals surface area contributed by atoms with Crippen molar-refractivity contribution in [2.24, 2.45) is 0 Å². The lowest BCUT2D eigenvalue weighted by Gasteiger charge is -2.32. The fraction of sp³-hybridized carbons (Fsp3) is 0.471. The Morgan fingerprint density at radius 3 is 2.18 bits per heavy atom. The first-order chi connectivity index (χ1) is 10.5. The monoisotopic (exact) mass is 324 g/mol. The van der Waals surface area contributed by atoms with Crippen LogP contribution in [0.1, 0.15) is 32.4 Å². The van der Waals surface area contributed by atoms with Crippen LogP contribution in [0.2, 0.25) is 18.1 Å². The fourth-order valence-electron chi connectivity index (χ4n) is 2.37. The third-order valence-electron chi connectivity index (χ3n) is 4.12. The minimum Gasteiger partial charge on any atom is -0.466 e. The molecule has 1 aromatic carbocycles. The average Bonchev–Trinajstić information content (AvgIpc) is 2.56. The summed E-state index contributed by atoms with van der Waals surface area (Å²) in [7, 11) is -0.519. The molecule has 0 bridgehead atoms. The molecule has 5 heteroatoms. The van der Waals surface area contributed by atoms with Crippen LogP contribution < -0.4 is 0 Å². The highest BCUT2D eigenvalue weighted by atomic mass is 28.4. The number of hydrogen-bond acceptors (Lipinski definition) is 3. The number of methoxy groups -OCH3 is 1.